The standard InChI is InChI=1S/C42H28N2S.C30H18BrNS.C12H11N/c1-4-12-31(13-5-1)43(32-14-6-2-7-15-32)34-22-23-36-38-27-30(21-25-41(38)45-42(36)28-34)29-20-24-40-37(26-29)35-18-10-11-19-39(35)44(40)33-16-8-3-9-17-33;31-21-12-13-24-26-17-20(11-15-29(26)33-30(24)18-21)19-10-14-28-25(16-19)23-8-4-5-9-27(23)32(28)22-6-2-1-3-7-22;1-3-7-11(8-4-1)13-12-9-5-2-6-10-12/h1-28H;1-18H;1-10,13H. The van der Waals surface area contributed by atoms with Gasteiger partial charge in [-0.3, -0.25) is 0 Å². The quantitative estimate of drug-likeness (QED) is 0.156. The molecule has 0 amide bonds. The van der Waals surface area contributed by atoms with Crippen molar-refractivity contribution in [3.8, 4) is 33.6 Å². The number of benzene rings is 14. The minimum absolute atomic E-state index is 1.12. The zero-order valence-corrected chi connectivity index (χ0v) is 52.6. The van der Waals surface area contributed by atoms with Crippen LogP contribution in [0.3, 0.4) is 0 Å². The maximum absolute atomic E-state index is 3.61. The normalized spacial score (nSPS) is 11.4. The van der Waals surface area contributed by atoms with E-state index in [1.54, 1.807) is 0 Å². The Kier molecular flexibility index (Phi) is 14.8. The van der Waals surface area contributed by atoms with Gasteiger partial charge in [-0.2, -0.15) is 0 Å². The summed E-state index contributed by atoms with van der Waals surface area (Å²) in [6, 6.07) is 121. The van der Waals surface area contributed by atoms with E-state index >= 15 is 0 Å². The molecule has 18 rings (SSSR count). The molecule has 432 valence electrons. The van der Waals surface area contributed by atoms with Gasteiger partial charge in [0.25, 0.3) is 0 Å². The molecule has 0 atom stereocenters. The van der Waals surface area contributed by atoms with Crippen molar-refractivity contribution < 1.29 is 0 Å². The number of hydrogen-bond acceptors (Lipinski definition) is 4. The summed E-state index contributed by atoms with van der Waals surface area (Å²) in [6.07, 6.45) is 0. The van der Waals surface area contributed by atoms with E-state index in [0.717, 1.165) is 32.9 Å². The van der Waals surface area contributed by atoms with Crippen LogP contribution in [-0.2, 0) is 0 Å². The molecule has 0 radical (unpaired) electrons. The highest BCUT2D eigenvalue weighted by atomic mass is 79.9. The van der Waals surface area contributed by atoms with Crippen LogP contribution in [-0.4, -0.2) is 9.13 Å². The maximum atomic E-state index is 3.61. The molecule has 4 nitrogen and oxygen atoms in total. The Morgan fingerprint density at radius 3 is 1.08 bits per heavy atom. The number of anilines is 5. The number of fused-ring (bicyclic) bond motifs is 12. The van der Waals surface area contributed by atoms with Crippen molar-refractivity contribution in [1.29, 1.82) is 0 Å². The van der Waals surface area contributed by atoms with Crippen LogP contribution >= 0.6 is 38.6 Å². The largest absolute Gasteiger partial charge is 0.356 e. The van der Waals surface area contributed by atoms with Crippen molar-refractivity contribution in [2.24, 2.45) is 0 Å². The third-order valence-electron chi connectivity index (χ3n) is 17.1. The number of hydrogen-bond donors (Lipinski definition) is 1. The van der Waals surface area contributed by atoms with Crippen molar-refractivity contribution in [2.45, 2.75) is 0 Å². The lowest BCUT2D eigenvalue weighted by Crippen LogP contribution is -2.09. The summed E-state index contributed by atoms with van der Waals surface area (Å²) in [6.45, 7) is 0. The molecule has 7 heteroatoms. The SMILES string of the molecule is Brc1ccc2c(c1)sc1ccc(-c3ccc4c(c3)c3ccccc3n4-c3ccccc3)cc12.c1ccc(N(c2ccccc2)c2ccc3c(c2)sc2ccc(-c4ccc5c(c4)c4ccccc4n5-c4ccccc4)cc23)cc1.c1ccc(Nc2ccccc2)cc1. The fourth-order valence-corrected chi connectivity index (χ4v) is 15.6. The summed E-state index contributed by atoms with van der Waals surface area (Å²) < 4.78 is 11.1. The predicted octanol–water partition coefficient (Wildman–Crippen LogP) is 25.3. The van der Waals surface area contributed by atoms with Crippen molar-refractivity contribution in [3.05, 3.63) is 344 Å². The second-order valence-electron chi connectivity index (χ2n) is 22.7. The fraction of sp³-hybridized carbons (Fsp3) is 0. The lowest BCUT2D eigenvalue weighted by atomic mass is 10.0. The van der Waals surface area contributed by atoms with Gasteiger partial charge in [-0.25, -0.2) is 0 Å². The van der Waals surface area contributed by atoms with Crippen LogP contribution in [0.2, 0.25) is 0 Å². The molecular formula is C84H57BrN4S2. The topological polar surface area (TPSA) is 25.1 Å². The Morgan fingerprint density at radius 2 is 0.615 bits per heavy atom. The van der Waals surface area contributed by atoms with Gasteiger partial charge in [0.2, 0.25) is 0 Å². The number of nitrogens with zero attached hydrogens (tertiary/aromatic N) is 3. The number of aromatic nitrogens is 2. The van der Waals surface area contributed by atoms with Crippen LogP contribution in [0.5, 0.6) is 0 Å². The highest BCUT2D eigenvalue weighted by Crippen LogP contribution is 2.44. The van der Waals surface area contributed by atoms with E-state index in [1.165, 1.54) is 118 Å². The summed E-state index contributed by atoms with van der Waals surface area (Å²) in [5, 5.41) is 13.7. The molecule has 4 aromatic heterocycles. The average molecular weight is 1270 g/mol. The van der Waals surface area contributed by atoms with Gasteiger partial charge in [-0.05, 0) is 180 Å². The molecule has 0 bridgehead atoms. The molecule has 0 saturated heterocycles. The van der Waals surface area contributed by atoms with E-state index in [2.05, 4.69) is 314 Å². The average Bonchev–Trinajstić information content (AvgIpc) is 1.66. The molecular weight excluding hydrogens is 1210 g/mol. The molecule has 0 spiro atoms. The van der Waals surface area contributed by atoms with Gasteiger partial charge in [0.15, 0.2) is 0 Å². The van der Waals surface area contributed by atoms with Crippen LogP contribution in [0.4, 0.5) is 28.4 Å². The first-order valence-electron chi connectivity index (χ1n) is 30.6. The Hall–Kier alpha value is -10.8. The summed E-state index contributed by atoms with van der Waals surface area (Å²) in [5.74, 6) is 0. The van der Waals surface area contributed by atoms with Gasteiger partial charge in [0.05, 0.1) is 22.1 Å². The van der Waals surface area contributed by atoms with Crippen LogP contribution < -0.4 is 10.2 Å². The molecule has 14 aromatic carbocycles. The van der Waals surface area contributed by atoms with Crippen LogP contribution in [0.1, 0.15) is 0 Å². The molecule has 0 aliphatic heterocycles. The first-order valence-corrected chi connectivity index (χ1v) is 33.0. The molecule has 0 unspecified atom stereocenters. The third-order valence-corrected chi connectivity index (χ3v) is 19.8. The Morgan fingerprint density at radius 1 is 0.253 bits per heavy atom. The summed E-state index contributed by atoms with van der Waals surface area (Å²) in [5.41, 5.74) is 18.0. The van der Waals surface area contributed by atoms with Gasteiger partial charge < -0.3 is 19.4 Å². The Balaban J connectivity index is 0.000000125. The number of para-hydroxylation sites is 8. The van der Waals surface area contributed by atoms with Crippen molar-refractivity contribution in [2.75, 3.05) is 10.2 Å². The van der Waals surface area contributed by atoms with E-state index in [9.17, 15) is 0 Å². The van der Waals surface area contributed by atoms with Crippen LogP contribution in [0.25, 0.3) is 118 Å². The first kappa shape index (κ1) is 55.5. The number of nitrogens with one attached hydrogen (secondary N) is 1. The molecule has 0 aliphatic carbocycles. The minimum atomic E-state index is 1.12. The zero-order valence-electron chi connectivity index (χ0n) is 49.4. The lowest BCUT2D eigenvalue weighted by molar-refractivity contribution is 1.18. The van der Waals surface area contributed by atoms with E-state index in [4.69, 9.17) is 0 Å². The summed E-state index contributed by atoms with van der Waals surface area (Å²) in [7, 11) is 0. The molecule has 4 heterocycles. The third kappa shape index (κ3) is 10.8. The molecule has 18 aromatic rings. The zero-order chi connectivity index (χ0) is 60.6. The summed E-state index contributed by atoms with van der Waals surface area (Å²) in [4.78, 5) is 2.33. The Bertz CT molecular complexity index is 5550. The second-order valence-corrected chi connectivity index (χ2v) is 25.7. The monoisotopic (exact) mass is 1260 g/mol. The molecule has 0 aliphatic rings. The smallest absolute Gasteiger partial charge is 0.0541 e. The lowest BCUT2D eigenvalue weighted by Gasteiger charge is -2.25. The van der Waals surface area contributed by atoms with Gasteiger partial charge in [0.1, 0.15) is 0 Å². The predicted molar refractivity (Wildman–Crippen MR) is 397 cm³/mol. The van der Waals surface area contributed by atoms with Gasteiger partial charge in [0, 0.05) is 106 Å². The molecule has 1 N–H and O–H groups in total. The maximum Gasteiger partial charge on any atom is 0.0541 e. The van der Waals surface area contributed by atoms with Gasteiger partial charge >= 0.3 is 0 Å². The van der Waals surface area contributed by atoms with Gasteiger partial charge in [-0.1, -0.05) is 198 Å². The van der Waals surface area contributed by atoms with Crippen LogP contribution in [0, 0.1) is 0 Å². The number of rotatable bonds is 9. The van der Waals surface area contributed by atoms with E-state index < -0.39 is 0 Å². The first-order chi connectivity index (χ1) is 45.0. The van der Waals surface area contributed by atoms with Crippen molar-refractivity contribution in [1.82, 2.24) is 9.13 Å². The number of halogens is 1. The van der Waals surface area contributed by atoms with Gasteiger partial charge in [-0.15, -0.1) is 22.7 Å². The Labute approximate surface area is 544 Å². The molecule has 91 heavy (non-hydrogen) atoms. The van der Waals surface area contributed by atoms with Crippen LogP contribution in [0.15, 0.2) is 344 Å². The second kappa shape index (κ2) is 24.3. The van der Waals surface area contributed by atoms with E-state index in [1.807, 2.05) is 83.3 Å². The highest BCUT2D eigenvalue weighted by molar-refractivity contribution is 9.10. The molecule has 0 fully saturated rings. The molecule has 0 saturated carbocycles. The van der Waals surface area contributed by atoms with E-state index in [-0.39, 0.29) is 0 Å². The fourth-order valence-electron chi connectivity index (χ4n) is 12.8. The van der Waals surface area contributed by atoms with E-state index in [0.29, 0.717) is 0 Å². The van der Waals surface area contributed by atoms with Crippen molar-refractivity contribution >= 4 is 151 Å². The summed E-state index contributed by atoms with van der Waals surface area (Å²) >= 11 is 7.32. The minimum Gasteiger partial charge on any atom is -0.356 e. The number of thiophene rings is 2. The highest BCUT2D eigenvalue weighted by Gasteiger charge is 2.18. The van der Waals surface area contributed by atoms with Crippen molar-refractivity contribution in [3.63, 3.8) is 0 Å².